The molecule has 0 unspecified atom stereocenters. The highest BCUT2D eigenvalue weighted by Gasteiger charge is 2.30. The lowest BCUT2D eigenvalue weighted by Gasteiger charge is -2.20. The molecule has 1 aliphatic heterocycles. The number of rotatable bonds is 3. The van der Waals surface area contributed by atoms with Gasteiger partial charge in [-0.3, -0.25) is 9.78 Å². The number of nitrogens with zero attached hydrogens (tertiary/aromatic N) is 3. The highest BCUT2D eigenvalue weighted by Crippen LogP contribution is 2.37. The van der Waals surface area contributed by atoms with Crippen LogP contribution in [0.1, 0.15) is 22.3 Å². The van der Waals surface area contributed by atoms with E-state index in [9.17, 15) is 18.5 Å². The van der Waals surface area contributed by atoms with Gasteiger partial charge in [0, 0.05) is 17.1 Å². The van der Waals surface area contributed by atoms with Crippen molar-refractivity contribution in [1.29, 1.82) is 5.26 Å². The zero-order valence-corrected chi connectivity index (χ0v) is 15.8. The average Bonchev–Trinajstić information content (AvgIpc) is 2.96. The van der Waals surface area contributed by atoms with Crippen molar-refractivity contribution in [3.05, 3.63) is 64.8 Å². The molecular formula is C20H16N4O3S. The number of primary sulfonamides is 1. The fourth-order valence-electron chi connectivity index (χ4n) is 3.46. The van der Waals surface area contributed by atoms with Gasteiger partial charge in [0.15, 0.2) is 0 Å². The third-order valence-electron chi connectivity index (χ3n) is 4.89. The topological polar surface area (TPSA) is 117 Å². The third kappa shape index (κ3) is 3.01. The lowest BCUT2D eigenvalue weighted by atomic mass is 10.0. The van der Waals surface area contributed by atoms with E-state index >= 15 is 0 Å². The summed E-state index contributed by atoms with van der Waals surface area (Å²) in [5.74, 6) is -0.0705. The lowest BCUT2D eigenvalue weighted by Crippen LogP contribution is -2.26. The molecule has 0 fully saturated rings. The highest BCUT2D eigenvalue weighted by atomic mass is 32.2. The fraction of sp³-hybridized carbons (Fsp3) is 0.150. The Bertz CT molecular complexity index is 1280. The van der Waals surface area contributed by atoms with Crippen molar-refractivity contribution in [2.24, 2.45) is 5.14 Å². The first kappa shape index (κ1) is 18.1. The molecule has 0 bridgehead atoms. The molecule has 0 saturated heterocycles. The van der Waals surface area contributed by atoms with Crippen LogP contribution in [-0.4, -0.2) is 19.3 Å². The third-order valence-corrected chi connectivity index (χ3v) is 5.82. The monoisotopic (exact) mass is 392 g/mol. The maximum absolute atomic E-state index is 12.6. The highest BCUT2D eigenvalue weighted by molar-refractivity contribution is 7.89. The second-order valence-corrected chi connectivity index (χ2v) is 8.34. The number of carbonyl (C=O) groups excluding carboxylic acids is 1. The number of pyridine rings is 1. The van der Waals surface area contributed by atoms with E-state index < -0.39 is 10.0 Å². The number of sulfonamides is 1. The van der Waals surface area contributed by atoms with Gasteiger partial charge in [0.25, 0.3) is 0 Å². The number of nitriles is 1. The molecule has 1 aromatic heterocycles. The molecule has 8 heteroatoms. The first-order chi connectivity index (χ1) is 13.3. The number of nitrogens with two attached hydrogens (primary N) is 1. The first-order valence-electron chi connectivity index (χ1n) is 8.52. The molecule has 4 rings (SSSR count). The Hall–Kier alpha value is -3.28. The Kier molecular flexibility index (Phi) is 4.14. The van der Waals surface area contributed by atoms with Crippen LogP contribution in [-0.2, 0) is 27.8 Å². The Morgan fingerprint density at radius 1 is 1.25 bits per heavy atom. The van der Waals surface area contributed by atoms with Gasteiger partial charge in [0.2, 0.25) is 15.9 Å². The standard InChI is InChI=1S/C20H16N4O3S/c1-12-6-18-17(7-14(12)9-21)20-15(10-23-18)8-19(25)24(20)11-13-2-4-16(5-3-13)28(22,26)27/h2-7,10H,8,11H2,1H3,(H2,22,26,27). The molecule has 0 aliphatic carbocycles. The van der Waals surface area contributed by atoms with E-state index in [-0.39, 0.29) is 23.8 Å². The van der Waals surface area contributed by atoms with Crippen molar-refractivity contribution in [3.63, 3.8) is 0 Å². The summed E-state index contributed by atoms with van der Waals surface area (Å²) in [7, 11) is -3.77. The number of aryl methyl sites for hydroxylation is 1. The second kappa shape index (κ2) is 6.41. The number of hydrogen-bond donors (Lipinski definition) is 1. The molecule has 0 spiro atoms. The van der Waals surface area contributed by atoms with Crippen LogP contribution < -0.4 is 10.0 Å². The summed E-state index contributed by atoms with van der Waals surface area (Å²) in [6, 6.07) is 11.9. The van der Waals surface area contributed by atoms with E-state index in [1.807, 2.05) is 13.0 Å². The Labute approximate surface area is 162 Å². The molecule has 1 amide bonds. The summed E-state index contributed by atoms with van der Waals surface area (Å²) in [5, 5.41) is 15.2. The van der Waals surface area contributed by atoms with Gasteiger partial charge in [-0.05, 0) is 42.3 Å². The van der Waals surface area contributed by atoms with Crippen molar-refractivity contribution in [1.82, 2.24) is 4.98 Å². The van der Waals surface area contributed by atoms with Crippen LogP contribution in [0.25, 0.3) is 10.9 Å². The van der Waals surface area contributed by atoms with Crippen LogP contribution in [0.3, 0.4) is 0 Å². The van der Waals surface area contributed by atoms with Crippen molar-refractivity contribution < 1.29 is 13.2 Å². The van der Waals surface area contributed by atoms with Gasteiger partial charge in [0.05, 0.1) is 40.7 Å². The van der Waals surface area contributed by atoms with Crippen LogP contribution in [0.5, 0.6) is 0 Å². The van der Waals surface area contributed by atoms with E-state index in [1.165, 1.54) is 12.1 Å². The first-order valence-corrected chi connectivity index (χ1v) is 10.1. The van der Waals surface area contributed by atoms with E-state index in [2.05, 4.69) is 11.1 Å². The summed E-state index contributed by atoms with van der Waals surface area (Å²) in [4.78, 5) is 18.8. The summed E-state index contributed by atoms with van der Waals surface area (Å²) >= 11 is 0. The normalized spacial score (nSPS) is 13.6. The number of aromatic nitrogens is 1. The van der Waals surface area contributed by atoms with Crippen molar-refractivity contribution >= 4 is 32.5 Å². The molecule has 2 heterocycles. The SMILES string of the molecule is Cc1cc2ncc3c(c2cc1C#N)N(Cc1ccc(S(N)(=O)=O)cc1)C(=O)C3. The molecule has 28 heavy (non-hydrogen) atoms. The van der Waals surface area contributed by atoms with Crippen molar-refractivity contribution in [2.75, 3.05) is 4.90 Å². The molecule has 3 aromatic rings. The Balaban J connectivity index is 1.79. The van der Waals surface area contributed by atoms with Crippen LogP contribution >= 0.6 is 0 Å². The van der Waals surface area contributed by atoms with Crippen molar-refractivity contribution in [3.8, 4) is 6.07 Å². The van der Waals surface area contributed by atoms with Gasteiger partial charge < -0.3 is 4.90 Å². The minimum Gasteiger partial charge on any atom is -0.307 e. The number of fused-ring (bicyclic) bond motifs is 3. The summed E-state index contributed by atoms with van der Waals surface area (Å²) in [6.07, 6.45) is 1.94. The largest absolute Gasteiger partial charge is 0.307 e. The van der Waals surface area contributed by atoms with E-state index in [4.69, 9.17) is 5.14 Å². The zero-order chi connectivity index (χ0) is 20.1. The predicted molar refractivity (Wildman–Crippen MR) is 104 cm³/mol. The van der Waals surface area contributed by atoms with Gasteiger partial charge in [-0.2, -0.15) is 5.26 Å². The van der Waals surface area contributed by atoms with Gasteiger partial charge in [-0.25, -0.2) is 13.6 Å². The van der Waals surface area contributed by atoms with Crippen LogP contribution in [0, 0.1) is 18.3 Å². The van der Waals surface area contributed by atoms with Gasteiger partial charge in [-0.15, -0.1) is 0 Å². The minimum atomic E-state index is -3.77. The maximum Gasteiger partial charge on any atom is 0.238 e. The number of hydrogen-bond acceptors (Lipinski definition) is 5. The molecule has 0 atom stereocenters. The smallest absolute Gasteiger partial charge is 0.238 e. The van der Waals surface area contributed by atoms with Gasteiger partial charge >= 0.3 is 0 Å². The number of amides is 1. The van der Waals surface area contributed by atoms with Crippen LogP contribution in [0.2, 0.25) is 0 Å². The lowest BCUT2D eigenvalue weighted by molar-refractivity contribution is -0.117. The minimum absolute atomic E-state index is 0.0215. The molecular weight excluding hydrogens is 376 g/mol. The molecule has 1 aliphatic rings. The molecule has 7 nitrogen and oxygen atoms in total. The van der Waals surface area contributed by atoms with Gasteiger partial charge in [-0.1, -0.05) is 12.1 Å². The summed E-state index contributed by atoms with van der Waals surface area (Å²) in [5.41, 5.74) is 4.43. The zero-order valence-electron chi connectivity index (χ0n) is 15.0. The number of carbonyl (C=O) groups is 1. The summed E-state index contributed by atoms with van der Waals surface area (Å²) in [6.45, 7) is 2.13. The van der Waals surface area contributed by atoms with Crippen LogP contribution in [0.4, 0.5) is 5.69 Å². The molecule has 0 radical (unpaired) electrons. The van der Waals surface area contributed by atoms with Gasteiger partial charge in [0.1, 0.15) is 0 Å². The molecule has 2 aromatic carbocycles. The fourth-order valence-corrected chi connectivity index (χ4v) is 3.97. The number of benzene rings is 2. The van der Waals surface area contributed by atoms with Crippen LogP contribution in [0.15, 0.2) is 47.5 Å². The maximum atomic E-state index is 12.6. The Morgan fingerprint density at radius 3 is 2.61 bits per heavy atom. The molecule has 140 valence electrons. The number of anilines is 1. The second-order valence-electron chi connectivity index (χ2n) is 6.77. The van der Waals surface area contributed by atoms with E-state index in [0.717, 1.165) is 33.3 Å². The van der Waals surface area contributed by atoms with E-state index in [0.29, 0.717) is 5.56 Å². The molecule has 2 N–H and O–H groups in total. The average molecular weight is 392 g/mol. The Morgan fingerprint density at radius 2 is 1.96 bits per heavy atom. The molecule has 0 saturated carbocycles. The summed E-state index contributed by atoms with van der Waals surface area (Å²) < 4.78 is 22.8. The van der Waals surface area contributed by atoms with E-state index in [1.54, 1.807) is 29.3 Å². The quantitative estimate of drug-likeness (QED) is 0.733. The van der Waals surface area contributed by atoms with Crippen molar-refractivity contribution in [2.45, 2.75) is 24.8 Å². The predicted octanol–water partition coefficient (Wildman–Crippen LogP) is 2.15.